The summed E-state index contributed by atoms with van der Waals surface area (Å²) in [4.78, 5) is 12.8. The molecule has 3 aromatic rings. The van der Waals surface area contributed by atoms with Crippen molar-refractivity contribution in [2.24, 2.45) is 0 Å². The summed E-state index contributed by atoms with van der Waals surface area (Å²) in [6, 6.07) is 6.74. The summed E-state index contributed by atoms with van der Waals surface area (Å²) in [6.45, 7) is 10.7. The molecule has 0 fully saturated rings. The van der Waals surface area contributed by atoms with Crippen molar-refractivity contribution in [1.29, 1.82) is 0 Å². The number of amides is 1. The van der Waals surface area contributed by atoms with Crippen molar-refractivity contribution >= 4 is 23.2 Å². The molecule has 0 aliphatic heterocycles. The molecule has 2 aromatic carbocycles. The Morgan fingerprint density at radius 2 is 1.48 bits per heavy atom. The van der Waals surface area contributed by atoms with Gasteiger partial charge in [-0.15, -0.1) is 0 Å². The smallest absolute Gasteiger partial charge is 0.291 e. The fraction of sp³-hybridized carbons (Fsp3) is 0.320. The Morgan fingerprint density at radius 1 is 0.903 bits per heavy atom. The SMILES string of the molecule is COc1cc(OC)c(NC(=O)c2ccc(Cc3c(C)c(C)c(C)c(C)c3C)o2)cc1Cl. The van der Waals surface area contributed by atoms with Crippen molar-refractivity contribution < 1.29 is 18.7 Å². The number of carbonyl (C=O) groups excluding carboxylic acids is 1. The van der Waals surface area contributed by atoms with E-state index in [2.05, 4.69) is 39.9 Å². The molecule has 0 saturated heterocycles. The minimum Gasteiger partial charge on any atom is -0.495 e. The molecule has 0 aliphatic rings. The van der Waals surface area contributed by atoms with Crippen molar-refractivity contribution in [3.8, 4) is 11.5 Å². The third-order valence-corrected chi connectivity index (χ3v) is 6.41. The average Bonchev–Trinajstić information content (AvgIpc) is 3.23. The van der Waals surface area contributed by atoms with Crippen LogP contribution in [0.4, 0.5) is 5.69 Å². The van der Waals surface area contributed by atoms with Crippen molar-refractivity contribution in [2.45, 2.75) is 41.0 Å². The van der Waals surface area contributed by atoms with Crippen LogP contribution < -0.4 is 14.8 Å². The zero-order chi connectivity index (χ0) is 22.9. The predicted octanol–water partition coefficient (Wildman–Crippen LogP) is 6.34. The maximum atomic E-state index is 12.8. The van der Waals surface area contributed by atoms with Crippen LogP contribution in [0.5, 0.6) is 11.5 Å². The van der Waals surface area contributed by atoms with E-state index in [-0.39, 0.29) is 11.7 Å². The minimum absolute atomic E-state index is 0.222. The highest BCUT2D eigenvalue weighted by molar-refractivity contribution is 6.32. The second-order valence-corrected chi connectivity index (χ2v) is 8.09. The number of nitrogens with one attached hydrogen (secondary N) is 1. The Labute approximate surface area is 188 Å². The van der Waals surface area contributed by atoms with E-state index >= 15 is 0 Å². The van der Waals surface area contributed by atoms with Crippen LogP contribution in [-0.4, -0.2) is 20.1 Å². The number of carbonyl (C=O) groups is 1. The maximum absolute atomic E-state index is 12.8. The van der Waals surface area contributed by atoms with Crippen LogP contribution in [0.25, 0.3) is 0 Å². The fourth-order valence-electron chi connectivity index (χ4n) is 3.75. The number of halogens is 1. The molecule has 6 heteroatoms. The number of methoxy groups -OCH3 is 2. The van der Waals surface area contributed by atoms with Crippen LogP contribution in [-0.2, 0) is 6.42 Å². The zero-order valence-electron chi connectivity index (χ0n) is 19.0. The van der Waals surface area contributed by atoms with E-state index in [0.717, 1.165) is 5.76 Å². The van der Waals surface area contributed by atoms with Crippen LogP contribution in [0.1, 0.15) is 49.7 Å². The molecule has 1 amide bonds. The van der Waals surface area contributed by atoms with Gasteiger partial charge in [0, 0.05) is 12.5 Å². The van der Waals surface area contributed by atoms with E-state index in [1.54, 1.807) is 18.2 Å². The van der Waals surface area contributed by atoms with Gasteiger partial charge in [0.05, 0.1) is 24.9 Å². The largest absolute Gasteiger partial charge is 0.495 e. The molecular weight excluding hydrogens is 414 g/mol. The molecular formula is C25H28ClNO4. The van der Waals surface area contributed by atoms with Crippen LogP contribution in [0.2, 0.25) is 5.02 Å². The number of hydrogen-bond donors (Lipinski definition) is 1. The summed E-state index contributed by atoms with van der Waals surface area (Å²) in [7, 11) is 3.03. The van der Waals surface area contributed by atoms with E-state index in [4.69, 9.17) is 25.5 Å². The molecule has 0 spiro atoms. The van der Waals surface area contributed by atoms with Gasteiger partial charge in [0.2, 0.25) is 0 Å². The van der Waals surface area contributed by atoms with Gasteiger partial charge in [0.25, 0.3) is 5.91 Å². The normalized spacial score (nSPS) is 10.8. The zero-order valence-corrected chi connectivity index (χ0v) is 19.8. The quantitative estimate of drug-likeness (QED) is 0.485. The Bertz CT molecular complexity index is 1120. The molecule has 1 heterocycles. The van der Waals surface area contributed by atoms with E-state index in [0.29, 0.717) is 28.6 Å². The second kappa shape index (κ2) is 9.06. The first kappa shape index (κ1) is 22.8. The van der Waals surface area contributed by atoms with Crippen LogP contribution in [0, 0.1) is 34.6 Å². The Balaban J connectivity index is 1.84. The van der Waals surface area contributed by atoms with E-state index in [1.165, 1.54) is 47.6 Å². The number of furan rings is 1. The lowest BCUT2D eigenvalue weighted by atomic mass is 9.88. The van der Waals surface area contributed by atoms with Gasteiger partial charge in [0.15, 0.2) is 5.76 Å². The maximum Gasteiger partial charge on any atom is 0.291 e. The van der Waals surface area contributed by atoms with Crippen LogP contribution in [0.15, 0.2) is 28.7 Å². The molecule has 31 heavy (non-hydrogen) atoms. The van der Waals surface area contributed by atoms with Crippen molar-refractivity contribution in [3.63, 3.8) is 0 Å². The topological polar surface area (TPSA) is 60.7 Å². The number of anilines is 1. The summed E-state index contributed by atoms with van der Waals surface area (Å²) in [5.41, 5.74) is 8.13. The summed E-state index contributed by atoms with van der Waals surface area (Å²) in [5.74, 6) is 1.48. The molecule has 0 radical (unpaired) electrons. The fourth-order valence-corrected chi connectivity index (χ4v) is 3.99. The molecule has 1 N–H and O–H groups in total. The summed E-state index contributed by atoms with van der Waals surface area (Å²) >= 11 is 6.19. The minimum atomic E-state index is -0.379. The molecule has 0 unspecified atom stereocenters. The van der Waals surface area contributed by atoms with Gasteiger partial charge < -0.3 is 19.2 Å². The predicted molar refractivity (Wildman–Crippen MR) is 124 cm³/mol. The summed E-state index contributed by atoms with van der Waals surface area (Å²) < 4.78 is 16.4. The third kappa shape index (κ3) is 4.42. The second-order valence-electron chi connectivity index (χ2n) is 7.69. The van der Waals surface area contributed by atoms with Gasteiger partial charge in [-0.25, -0.2) is 0 Å². The lowest BCUT2D eigenvalue weighted by Crippen LogP contribution is -2.12. The number of rotatable bonds is 6. The van der Waals surface area contributed by atoms with Gasteiger partial charge in [-0.2, -0.15) is 0 Å². The summed E-state index contributed by atoms with van der Waals surface area (Å²) in [5, 5.41) is 3.17. The van der Waals surface area contributed by atoms with Crippen molar-refractivity contribution in [2.75, 3.05) is 19.5 Å². The first-order chi connectivity index (χ1) is 14.7. The monoisotopic (exact) mass is 441 g/mol. The lowest BCUT2D eigenvalue weighted by Gasteiger charge is -2.18. The van der Waals surface area contributed by atoms with Crippen LogP contribution in [0.3, 0.4) is 0 Å². The molecule has 3 rings (SSSR count). The Hall–Kier alpha value is -2.92. The lowest BCUT2D eigenvalue weighted by molar-refractivity contribution is 0.0994. The Morgan fingerprint density at radius 3 is 2.06 bits per heavy atom. The van der Waals surface area contributed by atoms with E-state index in [9.17, 15) is 4.79 Å². The summed E-state index contributed by atoms with van der Waals surface area (Å²) in [6.07, 6.45) is 0.630. The molecule has 0 bridgehead atoms. The van der Waals surface area contributed by atoms with Gasteiger partial charge in [-0.1, -0.05) is 11.6 Å². The highest BCUT2D eigenvalue weighted by Crippen LogP contribution is 2.36. The highest BCUT2D eigenvalue weighted by atomic mass is 35.5. The van der Waals surface area contributed by atoms with E-state index in [1.807, 2.05) is 6.07 Å². The van der Waals surface area contributed by atoms with Crippen molar-refractivity contribution in [1.82, 2.24) is 0 Å². The van der Waals surface area contributed by atoms with Gasteiger partial charge in [0.1, 0.15) is 17.3 Å². The first-order valence-corrected chi connectivity index (χ1v) is 10.4. The Kier molecular flexibility index (Phi) is 6.65. The molecule has 5 nitrogen and oxygen atoms in total. The molecule has 0 atom stereocenters. The van der Waals surface area contributed by atoms with Gasteiger partial charge in [-0.3, -0.25) is 4.79 Å². The molecule has 164 valence electrons. The third-order valence-electron chi connectivity index (χ3n) is 6.11. The number of hydrogen-bond acceptors (Lipinski definition) is 4. The standard InChI is InChI=1S/C25H28ClNO4/c1-13-14(2)16(4)19(17(5)15(13)3)10-18-8-9-22(31-18)25(28)27-21-11-20(26)23(29-6)12-24(21)30-7/h8-9,11-12H,10H2,1-7H3,(H,27,28). The van der Waals surface area contributed by atoms with Crippen molar-refractivity contribution in [3.05, 3.63) is 74.2 Å². The molecule has 0 saturated carbocycles. The highest BCUT2D eigenvalue weighted by Gasteiger charge is 2.18. The number of ether oxygens (including phenoxy) is 2. The average molecular weight is 442 g/mol. The van der Waals surface area contributed by atoms with Crippen LogP contribution >= 0.6 is 11.6 Å². The van der Waals surface area contributed by atoms with E-state index < -0.39 is 0 Å². The molecule has 0 aliphatic carbocycles. The number of benzene rings is 2. The van der Waals surface area contributed by atoms with Gasteiger partial charge in [-0.05, 0) is 86.2 Å². The molecule has 1 aromatic heterocycles. The first-order valence-electron chi connectivity index (χ1n) is 10.0. The van der Waals surface area contributed by atoms with Gasteiger partial charge >= 0.3 is 0 Å².